The van der Waals surface area contributed by atoms with E-state index in [-0.39, 0.29) is 5.82 Å². The molecule has 0 fully saturated rings. The molecule has 0 saturated heterocycles. The van der Waals surface area contributed by atoms with Crippen LogP contribution >= 0.6 is 0 Å². The summed E-state index contributed by atoms with van der Waals surface area (Å²) in [5.74, 6) is 1.37. The minimum Gasteiger partial charge on any atom is -0.457 e. The fourth-order valence-electron chi connectivity index (χ4n) is 2.47. The van der Waals surface area contributed by atoms with Crippen LogP contribution in [0.5, 0.6) is 11.5 Å². The Labute approximate surface area is 106 Å². The fourth-order valence-corrected chi connectivity index (χ4v) is 2.47. The van der Waals surface area contributed by atoms with E-state index in [1.54, 1.807) is 12.1 Å². The molecule has 1 aliphatic carbocycles. The third-order valence-electron chi connectivity index (χ3n) is 3.39. The second-order valence-electron chi connectivity index (χ2n) is 4.66. The van der Waals surface area contributed by atoms with E-state index in [0.29, 0.717) is 5.75 Å². The third-order valence-corrected chi connectivity index (χ3v) is 3.39. The maximum atomic E-state index is 12.8. The third kappa shape index (κ3) is 2.23. The van der Waals surface area contributed by atoms with Crippen LogP contribution in [-0.4, -0.2) is 0 Å². The van der Waals surface area contributed by atoms with Gasteiger partial charge >= 0.3 is 0 Å². The minimum absolute atomic E-state index is 0.238. The lowest BCUT2D eigenvalue weighted by Crippen LogP contribution is -2.04. The molecule has 92 valence electrons. The lowest BCUT2D eigenvalue weighted by atomic mass is 9.91. The average molecular weight is 242 g/mol. The number of hydrogen-bond donors (Lipinski definition) is 0. The first-order chi connectivity index (χ1) is 8.83. The Bertz CT molecular complexity index is 546. The first kappa shape index (κ1) is 11.3. The van der Waals surface area contributed by atoms with E-state index < -0.39 is 0 Å². The van der Waals surface area contributed by atoms with Crippen molar-refractivity contribution in [2.45, 2.75) is 25.7 Å². The van der Waals surface area contributed by atoms with Crippen molar-refractivity contribution in [2.24, 2.45) is 0 Å². The van der Waals surface area contributed by atoms with Crippen LogP contribution in [0, 0.1) is 5.82 Å². The first-order valence-corrected chi connectivity index (χ1v) is 6.37. The van der Waals surface area contributed by atoms with Gasteiger partial charge in [-0.05, 0) is 67.1 Å². The Morgan fingerprint density at radius 3 is 2.50 bits per heavy atom. The van der Waals surface area contributed by atoms with Crippen LogP contribution in [0.15, 0.2) is 42.5 Å². The van der Waals surface area contributed by atoms with Crippen LogP contribution in [0.4, 0.5) is 4.39 Å². The van der Waals surface area contributed by atoms with E-state index in [1.165, 1.54) is 36.1 Å². The van der Waals surface area contributed by atoms with Crippen LogP contribution in [0.2, 0.25) is 0 Å². The molecule has 2 heteroatoms. The van der Waals surface area contributed by atoms with Crippen molar-refractivity contribution < 1.29 is 9.13 Å². The van der Waals surface area contributed by atoms with Gasteiger partial charge in [-0.25, -0.2) is 4.39 Å². The van der Waals surface area contributed by atoms with E-state index in [2.05, 4.69) is 6.07 Å². The van der Waals surface area contributed by atoms with Crippen LogP contribution in [0.1, 0.15) is 24.0 Å². The standard InChI is InChI=1S/C16H15FO/c17-13-8-10-14(11-9-13)18-16-7-3-5-12-4-1-2-6-15(12)16/h3,5,7-11H,1-2,4,6H2. The van der Waals surface area contributed by atoms with E-state index in [1.807, 2.05) is 12.1 Å². The minimum atomic E-state index is -0.238. The Hall–Kier alpha value is -1.83. The summed E-state index contributed by atoms with van der Waals surface area (Å²) in [4.78, 5) is 0. The largest absolute Gasteiger partial charge is 0.457 e. The molecule has 2 aromatic carbocycles. The predicted molar refractivity (Wildman–Crippen MR) is 69.6 cm³/mol. The van der Waals surface area contributed by atoms with E-state index >= 15 is 0 Å². The SMILES string of the molecule is Fc1ccc(Oc2cccc3c2CCCC3)cc1. The van der Waals surface area contributed by atoms with E-state index in [4.69, 9.17) is 4.74 Å². The maximum absolute atomic E-state index is 12.8. The molecule has 0 aromatic heterocycles. The first-order valence-electron chi connectivity index (χ1n) is 6.37. The lowest BCUT2D eigenvalue weighted by Gasteiger charge is -2.19. The van der Waals surface area contributed by atoms with Gasteiger partial charge in [0, 0.05) is 0 Å². The zero-order chi connectivity index (χ0) is 12.4. The van der Waals surface area contributed by atoms with Crippen molar-refractivity contribution in [3.63, 3.8) is 0 Å². The zero-order valence-electron chi connectivity index (χ0n) is 10.2. The number of hydrogen-bond acceptors (Lipinski definition) is 1. The van der Waals surface area contributed by atoms with Crippen molar-refractivity contribution in [2.75, 3.05) is 0 Å². The summed E-state index contributed by atoms with van der Waals surface area (Å²) in [6.45, 7) is 0. The van der Waals surface area contributed by atoms with Crippen LogP contribution in [-0.2, 0) is 12.8 Å². The average Bonchev–Trinajstić information content (AvgIpc) is 2.42. The summed E-state index contributed by atoms with van der Waals surface area (Å²) in [5, 5.41) is 0. The van der Waals surface area contributed by atoms with Gasteiger partial charge in [0.2, 0.25) is 0 Å². The summed E-state index contributed by atoms with van der Waals surface area (Å²) in [6.07, 6.45) is 4.69. The van der Waals surface area contributed by atoms with Crippen molar-refractivity contribution >= 4 is 0 Å². The lowest BCUT2D eigenvalue weighted by molar-refractivity contribution is 0.468. The zero-order valence-corrected chi connectivity index (χ0v) is 10.2. The molecule has 0 aliphatic heterocycles. The Morgan fingerprint density at radius 1 is 0.889 bits per heavy atom. The van der Waals surface area contributed by atoms with Crippen LogP contribution in [0.3, 0.4) is 0 Å². The van der Waals surface area contributed by atoms with Crippen molar-refractivity contribution in [3.05, 3.63) is 59.4 Å². The molecule has 0 atom stereocenters. The Balaban J connectivity index is 1.90. The number of rotatable bonds is 2. The van der Waals surface area contributed by atoms with Crippen molar-refractivity contribution in [1.82, 2.24) is 0 Å². The highest BCUT2D eigenvalue weighted by Crippen LogP contribution is 2.32. The number of halogens is 1. The Kier molecular flexibility index (Phi) is 3.01. The second kappa shape index (κ2) is 4.81. The highest BCUT2D eigenvalue weighted by atomic mass is 19.1. The normalized spacial score (nSPS) is 14.1. The van der Waals surface area contributed by atoms with Crippen LogP contribution in [0.25, 0.3) is 0 Å². The molecule has 0 bridgehead atoms. The molecule has 0 N–H and O–H groups in total. The van der Waals surface area contributed by atoms with Gasteiger partial charge in [-0.1, -0.05) is 12.1 Å². The van der Waals surface area contributed by atoms with E-state index in [0.717, 1.165) is 18.6 Å². The van der Waals surface area contributed by atoms with Gasteiger partial charge in [0.25, 0.3) is 0 Å². The number of benzene rings is 2. The van der Waals surface area contributed by atoms with Crippen molar-refractivity contribution in [1.29, 1.82) is 0 Å². The quantitative estimate of drug-likeness (QED) is 0.753. The monoisotopic (exact) mass is 242 g/mol. The number of fused-ring (bicyclic) bond motifs is 1. The summed E-state index contributed by atoms with van der Waals surface area (Å²) in [5.41, 5.74) is 2.70. The molecular formula is C16H15FO. The molecule has 0 spiro atoms. The summed E-state index contributed by atoms with van der Waals surface area (Å²) in [6, 6.07) is 12.4. The van der Waals surface area contributed by atoms with Gasteiger partial charge in [0.05, 0.1) is 0 Å². The predicted octanol–water partition coefficient (Wildman–Crippen LogP) is 4.50. The summed E-state index contributed by atoms with van der Waals surface area (Å²) < 4.78 is 18.7. The Morgan fingerprint density at radius 2 is 1.67 bits per heavy atom. The summed E-state index contributed by atoms with van der Waals surface area (Å²) >= 11 is 0. The fraction of sp³-hybridized carbons (Fsp3) is 0.250. The van der Waals surface area contributed by atoms with E-state index in [9.17, 15) is 4.39 Å². The number of aryl methyl sites for hydroxylation is 1. The highest BCUT2D eigenvalue weighted by Gasteiger charge is 2.14. The van der Waals surface area contributed by atoms with Gasteiger partial charge in [0.15, 0.2) is 0 Å². The highest BCUT2D eigenvalue weighted by molar-refractivity contribution is 5.44. The molecule has 1 aliphatic rings. The topological polar surface area (TPSA) is 9.23 Å². The van der Waals surface area contributed by atoms with Gasteiger partial charge < -0.3 is 4.74 Å². The summed E-state index contributed by atoms with van der Waals surface area (Å²) in [7, 11) is 0. The van der Waals surface area contributed by atoms with Gasteiger partial charge in [-0.3, -0.25) is 0 Å². The molecule has 0 saturated carbocycles. The number of ether oxygens (including phenoxy) is 1. The molecule has 2 aromatic rings. The maximum Gasteiger partial charge on any atom is 0.130 e. The molecule has 0 radical (unpaired) electrons. The molecule has 1 nitrogen and oxygen atoms in total. The van der Waals surface area contributed by atoms with Gasteiger partial charge in [-0.15, -0.1) is 0 Å². The smallest absolute Gasteiger partial charge is 0.130 e. The molecule has 18 heavy (non-hydrogen) atoms. The van der Waals surface area contributed by atoms with Crippen molar-refractivity contribution in [3.8, 4) is 11.5 Å². The second-order valence-corrected chi connectivity index (χ2v) is 4.66. The van der Waals surface area contributed by atoms with Gasteiger partial charge in [-0.2, -0.15) is 0 Å². The van der Waals surface area contributed by atoms with Crippen LogP contribution < -0.4 is 4.74 Å². The molecular weight excluding hydrogens is 227 g/mol. The molecule has 0 heterocycles. The molecule has 0 unspecified atom stereocenters. The van der Waals surface area contributed by atoms with Gasteiger partial charge in [0.1, 0.15) is 17.3 Å². The molecule has 0 amide bonds. The molecule has 3 rings (SSSR count).